The van der Waals surface area contributed by atoms with Crippen LogP contribution in [0, 0.1) is 11.8 Å². The lowest BCUT2D eigenvalue weighted by Crippen LogP contribution is -2.50. The van der Waals surface area contributed by atoms with Crippen LogP contribution in [0.2, 0.25) is 0 Å². The number of aryl methyl sites for hydroxylation is 1. The van der Waals surface area contributed by atoms with Crippen LogP contribution in [0.25, 0.3) is 0 Å². The van der Waals surface area contributed by atoms with Gasteiger partial charge in [-0.25, -0.2) is 4.79 Å². The molecule has 4 amide bonds. The minimum Gasteiger partial charge on any atom is -0.341 e. The number of nitrogens with one attached hydrogen (secondary N) is 1. The Bertz CT molecular complexity index is 793. The zero-order chi connectivity index (χ0) is 21.8. The van der Waals surface area contributed by atoms with Gasteiger partial charge in [-0.05, 0) is 68.8 Å². The molecule has 3 fully saturated rings. The van der Waals surface area contributed by atoms with Gasteiger partial charge in [0.05, 0.1) is 0 Å². The van der Waals surface area contributed by atoms with E-state index in [2.05, 4.69) is 36.5 Å². The zero-order valence-corrected chi connectivity index (χ0v) is 18.6. The smallest absolute Gasteiger partial charge is 0.325 e. The topological polar surface area (TPSA) is 69.7 Å². The Morgan fingerprint density at radius 3 is 2.35 bits per heavy atom. The van der Waals surface area contributed by atoms with Gasteiger partial charge in [-0.1, -0.05) is 43.7 Å². The predicted octanol–water partition coefficient (Wildman–Crippen LogP) is 3.75. The van der Waals surface area contributed by atoms with Crippen molar-refractivity contribution >= 4 is 17.8 Å². The second-order valence-electron chi connectivity index (χ2n) is 9.60. The molecule has 6 heteroatoms. The van der Waals surface area contributed by atoms with Gasteiger partial charge in [-0.3, -0.25) is 14.5 Å². The van der Waals surface area contributed by atoms with Crippen molar-refractivity contribution in [2.75, 3.05) is 19.6 Å². The van der Waals surface area contributed by atoms with Crippen LogP contribution in [-0.4, -0.2) is 52.8 Å². The molecule has 1 spiro atoms. The van der Waals surface area contributed by atoms with Crippen molar-refractivity contribution in [3.63, 3.8) is 0 Å². The molecule has 0 radical (unpaired) electrons. The van der Waals surface area contributed by atoms with Crippen LogP contribution >= 0.6 is 0 Å². The first-order valence-corrected chi connectivity index (χ1v) is 12.0. The lowest BCUT2D eigenvalue weighted by atomic mass is 9.75. The van der Waals surface area contributed by atoms with Crippen molar-refractivity contribution < 1.29 is 14.4 Å². The first-order valence-electron chi connectivity index (χ1n) is 12.0. The second kappa shape index (κ2) is 9.41. The number of carbonyl (C=O) groups is 3. The van der Waals surface area contributed by atoms with E-state index in [9.17, 15) is 14.4 Å². The molecule has 31 heavy (non-hydrogen) atoms. The third-order valence-corrected chi connectivity index (χ3v) is 7.73. The van der Waals surface area contributed by atoms with Crippen molar-refractivity contribution in [3.05, 3.63) is 35.9 Å². The van der Waals surface area contributed by atoms with Crippen LogP contribution in [0.15, 0.2) is 30.3 Å². The van der Waals surface area contributed by atoms with Crippen LogP contribution in [0.3, 0.4) is 0 Å². The molecule has 6 nitrogen and oxygen atoms in total. The lowest BCUT2D eigenvalue weighted by molar-refractivity contribution is -0.140. The molecule has 1 aromatic carbocycles. The predicted molar refractivity (Wildman–Crippen MR) is 119 cm³/mol. The average Bonchev–Trinajstić information content (AvgIpc) is 3.03. The molecule has 1 aromatic rings. The minimum atomic E-state index is -0.770. The second-order valence-corrected chi connectivity index (χ2v) is 9.60. The number of carbonyl (C=O) groups excluding carboxylic acids is 3. The summed E-state index contributed by atoms with van der Waals surface area (Å²) in [4.78, 5) is 41.4. The summed E-state index contributed by atoms with van der Waals surface area (Å²) in [6.07, 6.45) is 8.59. The van der Waals surface area contributed by atoms with Gasteiger partial charge in [-0.2, -0.15) is 0 Å². The van der Waals surface area contributed by atoms with E-state index in [-0.39, 0.29) is 18.4 Å². The summed E-state index contributed by atoms with van der Waals surface area (Å²) in [5, 5.41) is 2.93. The summed E-state index contributed by atoms with van der Waals surface area (Å²) in [5.74, 6) is 0.953. The third kappa shape index (κ3) is 4.78. The highest BCUT2D eigenvalue weighted by Gasteiger charge is 2.52. The van der Waals surface area contributed by atoms with E-state index in [4.69, 9.17) is 0 Å². The van der Waals surface area contributed by atoms with E-state index < -0.39 is 11.6 Å². The molecular formula is C25H35N3O3. The Morgan fingerprint density at radius 2 is 1.71 bits per heavy atom. The highest BCUT2D eigenvalue weighted by Crippen LogP contribution is 2.37. The maximum absolute atomic E-state index is 13.0. The highest BCUT2D eigenvalue weighted by atomic mass is 16.2. The van der Waals surface area contributed by atoms with Gasteiger partial charge < -0.3 is 10.2 Å². The van der Waals surface area contributed by atoms with E-state index in [1.807, 2.05) is 11.0 Å². The average molecular weight is 426 g/mol. The molecule has 1 saturated carbocycles. The molecule has 1 N–H and O–H groups in total. The number of hydrogen-bond donors (Lipinski definition) is 1. The summed E-state index contributed by atoms with van der Waals surface area (Å²) >= 11 is 0. The Morgan fingerprint density at radius 1 is 1.03 bits per heavy atom. The van der Waals surface area contributed by atoms with Crippen molar-refractivity contribution in [1.29, 1.82) is 0 Å². The number of imide groups is 1. The molecule has 0 atom stereocenters. The molecule has 2 heterocycles. The van der Waals surface area contributed by atoms with Crippen molar-refractivity contribution in [2.24, 2.45) is 11.8 Å². The van der Waals surface area contributed by atoms with E-state index in [0.717, 1.165) is 49.8 Å². The van der Waals surface area contributed by atoms with Crippen molar-refractivity contribution in [1.82, 2.24) is 15.1 Å². The van der Waals surface area contributed by atoms with Crippen LogP contribution in [0.4, 0.5) is 4.79 Å². The Labute approximate surface area is 185 Å². The Kier molecular flexibility index (Phi) is 6.63. The number of benzene rings is 1. The minimum absolute atomic E-state index is 0.107. The summed E-state index contributed by atoms with van der Waals surface area (Å²) in [6, 6.07) is 10.1. The summed E-state index contributed by atoms with van der Waals surface area (Å²) in [6.45, 7) is 3.47. The largest absolute Gasteiger partial charge is 0.341 e. The van der Waals surface area contributed by atoms with Crippen LogP contribution in [0.5, 0.6) is 0 Å². The summed E-state index contributed by atoms with van der Waals surface area (Å²) < 4.78 is 0. The third-order valence-electron chi connectivity index (χ3n) is 7.73. The monoisotopic (exact) mass is 425 g/mol. The molecule has 0 unspecified atom stereocenters. The van der Waals surface area contributed by atoms with Gasteiger partial charge >= 0.3 is 6.03 Å². The number of nitrogens with zero attached hydrogens (tertiary/aromatic N) is 2. The maximum atomic E-state index is 13.0. The van der Waals surface area contributed by atoms with Gasteiger partial charge in [0.2, 0.25) is 5.91 Å². The molecular weight excluding hydrogens is 390 g/mol. The first-order chi connectivity index (χ1) is 15.0. The summed E-state index contributed by atoms with van der Waals surface area (Å²) in [5.41, 5.74) is 0.592. The van der Waals surface area contributed by atoms with Gasteiger partial charge in [-0.15, -0.1) is 0 Å². The Hall–Kier alpha value is -2.37. The van der Waals surface area contributed by atoms with E-state index in [1.54, 1.807) is 0 Å². The van der Waals surface area contributed by atoms with Gasteiger partial charge in [0.25, 0.3) is 5.91 Å². The van der Waals surface area contributed by atoms with Crippen LogP contribution < -0.4 is 5.32 Å². The number of piperidine rings is 1. The molecule has 2 aliphatic heterocycles. The fraction of sp³-hybridized carbons (Fsp3) is 0.640. The fourth-order valence-electron chi connectivity index (χ4n) is 5.46. The van der Waals surface area contributed by atoms with E-state index in [1.165, 1.54) is 5.56 Å². The van der Waals surface area contributed by atoms with Crippen molar-refractivity contribution in [2.45, 2.75) is 70.3 Å². The van der Waals surface area contributed by atoms with Gasteiger partial charge in [0.1, 0.15) is 12.1 Å². The van der Waals surface area contributed by atoms with E-state index >= 15 is 0 Å². The Balaban J connectivity index is 1.25. The first kappa shape index (κ1) is 21.8. The number of likely N-dealkylation sites (tertiary alicyclic amines) is 1. The number of urea groups is 1. The highest BCUT2D eigenvalue weighted by molar-refractivity contribution is 6.09. The van der Waals surface area contributed by atoms with Crippen LogP contribution in [0.1, 0.15) is 63.9 Å². The SMILES string of the molecule is CCC1CCC2(CC1)NC(=O)N(CC(=O)N1CCC(CCc3ccccc3)CC1)C2=O. The maximum Gasteiger partial charge on any atom is 0.325 e. The van der Waals surface area contributed by atoms with Crippen LogP contribution in [-0.2, 0) is 16.0 Å². The molecule has 168 valence electrons. The molecule has 3 aliphatic rings. The van der Waals surface area contributed by atoms with E-state index in [0.29, 0.717) is 37.8 Å². The molecule has 4 rings (SSSR count). The number of rotatable bonds is 6. The summed E-state index contributed by atoms with van der Waals surface area (Å²) in [7, 11) is 0. The number of amides is 4. The van der Waals surface area contributed by atoms with Gasteiger partial charge in [0.15, 0.2) is 0 Å². The number of hydrogen-bond acceptors (Lipinski definition) is 3. The lowest BCUT2D eigenvalue weighted by Gasteiger charge is -2.35. The normalized spacial score (nSPS) is 27.1. The standard InChI is InChI=1S/C25H35N3O3/c1-2-19-10-14-25(15-11-19)23(30)28(24(31)26-25)18-22(29)27-16-12-21(13-17-27)9-8-20-6-4-3-5-7-20/h3-7,19,21H,2,8-18H2,1H3,(H,26,31). The molecule has 0 bridgehead atoms. The zero-order valence-electron chi connectivity index (χ0n) is 18.6. The van der Waals surface area contributed by atoms with Gasteiger partial charge in [0, 0.05) is 13.1 Å². The van der Waals surface area contributed by atoms with Crippen molar-refractivity contribution in [3.8, 4) is 0 Å². The molecule has 1 aliphatic carbocycles. The fourth-order valence-corrected chi connectivity index (χ4v) is 5.46. The quantitative estimate of drug-likeness (QED) is 0.706. The molecule has 0 aromatic heterocycles. The molecule has 2 saturated heterocycles.